The van der Waals surface area contributed by atoms with Crippen molar-refractivity contribution in [3.8, 4) is 10.4 Å². The number of nitrogens with one attached hydrogen (secondary N) is 2. The van der Waals surface area contributed by atoms with Crippen molar-refractivity contribution < 1.29 is 14.3 Å². The van der Waals surface area contributed by atoms with E-state index in [0.717, 1.165) is 10.6 Å². The lowest BCUT2D eigenvalue weighted by Crippen LogP contribution is -2.40. The lowest BCUT2D eigenvalue weighted by atomic mass is 10.1. The highest BCUT2D eigenvalue weighted by molar-refractivity contribution is 7.13. The SMILES string of the molecule is Cc1ncsc1-c1ccc(CNC(=O)[C@@H]2C[C@@H](O)CN2)cc1F. The van der Waals surface area contributed by atoms with E-state index in [4.69, 9.17) is 0 Å². The maximum absolute atomic E-state index is 14.3. The number of halogens is 1. The first-order valence-corrected chi connectivity index (χ1v) is 8.30. The van der Waals surface area contributed by atoms with E-state index in [-0.39, 0.29) is 24.3 Å². The molecule has 1 saturated heterocycles. The Morgan fingerprint density at radius 1 is 1.57 bits per heavy atom. The molecule has 1 aliphatic heterocycles. The number of benzene rings is 1. The van der Waals surface area contributed by atoms with Crippen molar-refractivity contribution in [3.05, 3.63) is 40.8 Å². The molecule has 0 unspecified atom stereocenters. The van der Waals surface area contributed by atoms with Gasteiger partial charge in [0.1, 0.15) is 5.82 Å². The Bertz CT molecular complexity index is 719. The Balaban J connectivity index is 1.64. The highest BCUT2D eigenvalue weighted by atomic mass is 32.1. The number of aryl methyl sites for hydroxylation is 1. The molecular weight excluding hydrogens is 317 g/mol. The van der Waals surface area contributed by atoms with E-state index >= 15 is 0 Å². The van der Waals surface area contributed by atoms with Crippen LogP contribution >= 0.6 is 11.3 Å². The van der Waals surface area contributed by atoms with Gasteiger partial charge in [0.2, 0.25) is 5.91 Å². The molecule has 0 bridgehead atoms. The number of carbonyl (C=O) groups is 1. The van der Waals surface area contributed by atoms with Crippen LogP contribution in [0.4, 0.5) is 4.39 Å². The summed E-state index contributed by atoms with van der Waals surface area (Å²) in [4.78, 5) is 16.9. The Labute approximate surface area is 137 Å². The number of aliphatic hydroxyl groups excluding tert-OH is 1. The Hall–Kier alpha value is -1.83. The van der Waals surface area contributed by atoms with Crippen LogP contribution in [0.5, 0.6) is 0 Å². The van der Waals surface area contributed by atoms with Gasteiger partial charge in [-0.05, 0) is 25.0 Å². The molecule has 2 aromatic rings. The van der Waals surface area contributed by atoms with Gasteiger partial charge in [0, 0.05) is 18.7 Å². The van der Waals surface area contributed by atoms with Gasteiger partial charge in [-0.3, -0.25) is 4.79 Å². The maximum atomic E-state index is 14.3. The van der Waals surface area contributed by atoms with Gasteiger partial charge >= 0.3 is 0 Å². The topological polar surface area (TPSA) is 74.2 Å². The summed E-state index contributed by atoms with van der Waals surface area (Å²) in [7, 11) is 0. The lowest BCUT2D eigenvalue weighted by molar-refractivity contribution is -0.123. The molecule has 0 saturated carbocycles. The molecule has 3 rings (SSSR count). The van der Waals surface area contributed by atoms with Crippen LogP contribution in [0, 0.1) is 12.7 Å². The van der Waals surface area contributed by atoms with E-state index in [1.165, 1.54) is 17.4 Å². The number of rotatable bonds is 4. The molecule has 7 heteroatoms. The summed E-state index contributed by atoms with van der Waals surface area (Å²) in [5.74, 6) is -0.497. The first kappa shape index (κ1) is 16.0. The molecule has 1 fully saturated rings. The molecule has 1 aliphatic rings. The number of hydrogen-bond acceptors (Lipinski definition) is 5. The van der Waals surface area contributed by atoms with Crippen LogP contribution in [0.25, 0.3) is 10.4 Å². The molecule has 1 amide bonds. The number of carbonyl (C=O) groups excluding carboxylic acids is 1. The first-order valence-electron chi connectivity index (χ1n) is 7.42. The standard InChI is InChI=1S/C16H18FN3O2S/c1-9-15(23-8-20-9)12-3-2-10(4-13(12)17)6-19-16(22)14-5-11(21)7-18-14/h2-4,8,11,14,18,21H,5-7H2,1H3,(H,19,22)/t11-,14+/m1/s1. The number of amides is 1. The third kappa shape index (κ3) is 3.57. The summed E-state index contributed by atoms with van der Waals surface area (Å²) in [5.41, 5.74) is 3.73. The van der Waals surface area contributed by atoms with Gasteiger partial charge in [-0.15, -0.1) is 11.3 Å². The molecule has 23 heavy (non-hydrogen) atoms. The van der Waals surface area contributed by atoms with E-state index in [9.17, 15) is 14.3 Å². The fraction of sp³-hybridized carbons (Fsp3) is 0.375. The van der Waals surface area contributed by atoms with Crippen LogP contribution in [-0.4, -0.2) is 34.7 Å². The van der Waals surface area contributed by atoms with Gasteiger partial charge in [0.25, 0.3) is 0 Å². The zero-order chi connectivity index (χ0) is 16.4. The average Bonchev–Trinajstić information content (AvgIpc) is 3.14. The predicted octanol–water partition coefficient (Wildman–Crippen LogP) is 1.60. The van der Waals surface area contributed by atoms with Crippen molar-refractivity contribution in [3.63, 3.8) is 0 Å². The highest BCUT2D eigenvalue weighted by Crippen LogP contribution is 2.29. The lowest BCUT2D eigenvalue weighted by Gasteiger charge is -2.11. The van der Waals surface area contributed by atoms with Crippen molar-refractivity contribution in [2.75, 3.05) is 6.54 Å². The van der Waals surface area contributed by atoms with E-state index in [0.29, 0.717) is 24.1 Å². The minimum absolute atomic E-state index is 0.177. The van der Waals surface area contributed by atoms with Gasteiger partial charge in [-0.2, -0.15) is 0 Å². The van der Waals surface area contributed by atoms with E-state index in [2.05, 4.69) is 15.6 Å². The van der Waals surface area contributed by atoms with E-state index in [1.807, 2.05) is 6.92 Å². The average molecular weight is 335 g/mol. The summed E-state index contributed by atoms with van der Waals surface area (Å²) >= 11 is 1.41. The molecule has 1 aromatic heterocycles. The van der Waals surface area contributed by atoms with Crippen molar-refractivity contribution in [1.82, 2.24) is 15.6 Å². The van der Waals surface area contributed by atoms with Crippen molar-refractivity contribution in [2.45, 2.75) is 32.0 Å². The van der Waals surface area contributed by atoms with E-state index < -0.39 is 6.10 Å². The van der Waals surface area contributed by atoms with Gasteiger partial charge in [0.05, 0.1) is 28.2 Å². The molecule has 3 N–H and O–H groups in total. The fourth-order valence-corrected chi connectivity index (χ4v) is 3.47. The second-order valence-electron chi connectivity index (χ2n) is 5.65. The number of aliphatic hydroxyl groups is 1. The monoisotopic (exact) mass is 335 g/mol. The number of β-amino-alcohol motifs (C(OH)–C–C–N with tert-alkyl or cyclic N) is 1. The molecule has 122 valence electrons. The fourth-order valence-electron chi connectivity index (χ4n) is 2.64. The summed E-state index contributed by atoms with van der Waals surface area (Å²) < 4.78 is 14.3. The molecule has 1 aromatic carbocycles. The van der Waals surface area contributed by atoms with Crippen LogP contribution in [0.3, 0.4) is 0 Å². The Morgan fingerprint density at radius 3 is 3.00 bits per heavy atom. The molecule has 5 nitrogen and oxygen atoms in total. The van der Waals surface area contributed by atoms with Crippen LogP contribution in [0.2, 0.25) is 0 Å². The molecule has 0 radical (unpaired) electrons. The van der Waals surface area contributed by atoms with Crippen molar-refractivity contribution in [2.24, 2.45) is 0 Å². The first-order chi connectivity index (χ1) is 11.0. The predicted molar refractivity (Wildman–Crippen MR) is 86.5 cm³/mol. The van der Waals surface area contributed by atoms with E-state index in [1.54, 1.807) is 17.6 Å². The molecule has 2 atom stereocenters. The van der Waals surface area contributed by atoms with Crippen molar-refractivity contribution >= 4 is 17.2 Å². The van der Waals surface area contributed by atoms with Crippen molar-refractivity contribution in [1.29, 1.82) is 0 Å². The largest absolute Gasteiger partial charge is 0.392 e. The summed E-state index contributed by atoms with van der Waals surface area (Å²) in [6, 6.07) is 4.57. The zero-order valence-electron chi connectivity index (χ0n) is 12.7. The van der Waals surface area contributed by atoms with Gasteiger partial charge in [-0.25, -0.2) is 9.37 Å². The normalized spacial score (nSPS) is 20.7. The number of hydrogen-bond donors (Lipinski definition) is 3. The highest BCUT2D eigenvalue weighted by Gasteiger charge is 2.27. The maximum Gasteiger partial charge on any atom is 0.237 e. The van der Waals surface area contributed by atoms with Gasteiger partial charge in [-0.1, -0.05) is 12.1 Å². The number of thiazole rings is 1. The summed E-state index contributed by atoms with van der Waals surface area (Å²) in [5, 5.41) is 15.1. The van der Waals surface area contributed by atoms with Crippen LogP contribution in [0.1, 0.15) is 17.7 Å². The number of aromatic nitrogens is 1. The number of nitrogens with zero attached hydrogens (tertiary/aromatic N) is 1. The minimum Gasteiger partial charge on any atom is -0.392 e. The van der Waals surface area contributed by atoms with Gasteiger partial charge in [0.15, 0.2) is 0 Å². The van der Waals surface area contributed by atoms with Gasteiger partial charge < -0.3 is 15.7 Å². The summed E-state index contributed by atoms with van der Waals surface area (Å²) in [6.45, 7) is 2.53. The molecule has 2 heterocycles. The smallest absolute Gasteiger partial charge is 0.237 e. The molecule has 0 aliphatic carbocycles. The Morgan fingerprint density at radius 2 is 2.39 bits per heavy atom. The third-order valence-electron chi connectivity index (χ3n) is 3.91. The Kier molecular flexibility index (Phi) is 4.70. The summed E-state index contributed by atoms with van der Waals surface area (Å²) in [6.07, 6.45) is -0.0748. The second kappa shape index (κ2) is 6.74. The van der Waals surface area contributed by atoms with Crippen LogP contribution in [-0.2, 0) is 11.3 Å². The zero-order valence-corrected chi connectivity index (χ0v) is 13.5. The molecule has 0 spiro atoms. The third-order valence-corrected chi connectivity index (χ3v) is 4.88. The van der Waals surface area contributed by atoms with Crippen LogP contribution < -0.4 is 10.6 Å². The quantitative estimate of drug-likeness (QED) is 0.793. The minimum atomic E-state index is -0.481. The second-order valence-corrected chi connectivity index (χ2v) is 6.50. The van der Waals surface area contributed by atoms with Crippen LogP contribution in [0.15, 0.2) is 23.7 Å². The molecular formula is C16H18FN3O2S.